The Hall–Kier alpha value is -5.05. The molecule has 0 saturated carbocycles. The third-order valence-electron chi connectivity index (χ3n) is 7.81. The van der Waals surface area contributed by atoms with Gasteiger partial charge in [-0.3, -0.25) is 19.3 Å². The lowest BCUT2D eigenvalue weighted by Gasteiger charge is -2.41. The molecular formula is C30H27F2N7O5S. The van der Waals surface area contributed by atoms with Crippen LogP contribution in [0.3, 0.4) is 0 Å². The third kappa shape index (κ3) is 5.78. The lowest BCUT2D eigenvalue weighted by Crippen LogP contribution is -2.55. The first-order valence-electron chi connectivity index (χ1n) is 13.9. The van der Waals surface area contributed by atoms with Crippen molar-refractivity contribution in [2.45, 2.75) is 36.7 Å². The van der Waals surface area contributed by atoms with Crippen LogP contribution in [0, 0.1) is 11.6 Å². The van der Waals surface area contributed by atoms with Crippen LogP contribution in [0.2, 0.25) is 0 Å². The van der Waals surface area contributed by atoms with Crippen molar-refractivity contribution in [3.05, 3.63) is 73.0 Å². The number of anilines is 2. The van der Waals surface area contributed by atoms with Crippen LogP contribution in [0.4, 0.5) is 20.3 Å². The number of allylic oxidation sites excluding steroid dienone is 1. The van der Waals surface area contributed by atoms with E-state index in [0.29, 0.717) is 47.9 Å². The molecule has 6 rings (SSSR count). The molecule has 2 bridgehead atoms. The molecule has 232 valence electrons. The van der Waals surface area contributed by atoms with Crippen LogP contribution in [0.15, 0.2) is 66.2 Å². The fraction of sp³-hybridized carbons (Fsp3) is 0.267. The Labute approximate surface area is 256 Å². The second-order valence-corrected chi connectivity index (χ2v) is 12.3. The zero-order valence-electron chi connectivity index (χ0n) is 24.1. The number of piperazine rings is 1. The topological polar surface area (TPSA) is 148 Å². The largest absolute Gasteiger partial charge is 0.480 e. The summed E-state index contributed by atoms with van der Waals surface area (Å²) in [6, 6.07) is 6.79. The molecule has 12 nitrogen and oxygen atoms in total. The molecule has 1 aromatic carbocycles. The van der Waals surface area contributed by atoms with Gasteiger partial charge in [-0.2, -0.15) is 0 Å². The summed E-state index contributed by atoms with van der Waals surface area (Å²) in [7, 11) is -3.44. The number of hydrogen-bond acceptors (Lipinski definition) is 10. The Balaban J connectivity index is 1.32. The second-order valence-electron chi connectivity index (χ2n) is 10.7. The molecule has 2 aliphatic rings. The molecule has 5 heterocycles. The van der Waals surface area contributed by atoms with Crippen LogP contribution >= 0.6 is 0 Å². The summed E-state index contributed by atoms with van der Waals surface area (Å²) in [5, 5.41) is 0.726. The van der Waals surface area contributed by atoms with Gasteiger partial charge in [0.25, 0.3) is 10.0 Å². The molecule has 2 saturated heterocycles. The van der Waals surface area contributed by atoms with Gasteiger partial charge in [-0.05, 0) is 49.6 Å². The van der Waals surface area contributed by atoms with E-state index in [0.717, 1.165) is 18.2 Å². The standard InChI is InChI=1S/C30H27F2N7O5S/c1-17(40)3-8-27(41)39-20-5-6-21(39)15-38(14-20)29-22-9-18(4-7-25(22)35-16-36-29)19-10-26(30(44-2)34-11-19)37-45(42,43)28-23(31)12-33-13-24(28)32/h3-4,7-13,16,20-21,37H,5-6,14-15H2,1-2H3/b8-3+. The van der Waals surface area contributed by atoms with Gasteiger partial charge in [-0.25, -0.2) is 32.2 Å². The van der Waals surface area contributed by atoms with Crippen LogP contribution in [0.25, 0.3) is 22.0 Å². The van der Waals surface area contributed by atoms with Crippen LogP contribution in [-0.4, -0.2) is 77.2 Å². The van der Waals surface area contributed by atoms with E-state index in [2.05, 4.69) is 29.6 Å². The fourth-order valence-electron chi connectivity index (χ4n) is 5.88. The molecule has 45 heavy (non-hydrogen) atoms. The number of hydrogen-bond donors (Lipinski definition) is 1. The van der Waals surface area contributed by atoms with Gasteiger partial charge in [0.2, 0.25) is 11.8 Å². The number of fused-ring (bicyclic) bond motifs is 3. The summed E-state index contributed by atoms with van der Waals surface area (Å²) in [5.74, 6) is -2.50. The normalized spacial score (nSPS) is 18.0. The SMILES string of the molecule is COc1ncc(-c2ccc3ncnc(N4CC5CCC(C4)N5C(=O)/C=C/C(C)=O)c3c2)cc1NS(=O)(=O)c1c(F)cncc1F. The van der Waals surface area contributed by atoms with Gasteiger partial charge in [-0.15, -0.1) is 0 Å². The maximum Gasteiger partial charge on any atom is 0.268 e. The Kier molecular flexibility index (Phi) is 7.87. The number of sulfonamides is 1. The Morgan fingerprint density at radius 2 is 1.69 bits per heavy atom. The summed E-state index contributed by atoms with van der Waals surface area (Å²) >= 11 is 0. The van der Waals surface area contributed by atoms with Gasteiger partial charge < -0.3 is 14.5 Å². The average Bonchev–Trinajstić information content (AvgIpc) is 3.27. The van der Waals surface area contributed by atoms with Gasteiger partial charge in [-0.1, -0.05) is 6.07 Å². The highest BCUT2D eigenvalue weighted by molar-refractivity contribution is 7.92. The number of benzene rings is 1. The molecule has 1 N–H and O–H groups in total. The minimum absolute atomic E-state index is 0.0440. The van der Waals surface area contributed by atoms with Crippen molar-refractivity contribution >= 4 is 44.1 Å². The Morgan fingerprint density at radius 1 is 0.978 bits per heavy atom. The van der Waals surface area contributed by atoms with Gasteiger partial charge in [0.15, 0.2) is 22.3 Å². The molecular weight excluding hydrogens is 608 g/mol. The maximum absolute atomic E-state index is 14.3. The van der Waals surface area contributed by atoms with E-state index in [1.54, 1.807) is 12.1 Å². The van der Waals surface area contributed by atoms with Crippen molar-refractivity contribution in [3.63, 3.8) is 0 Å². The number of halogens is 2. The number of carbonyl (C=O) groups excluding carboxylic acids is 2. The number of nitrogens with zero attached hydrogens (tertiary/aromatic N) is 6. The van der Waals surface area contributed by atoms with Crippen LogP contribution in [0.1, 0.15) is 19.8 Å². The molecule has 0 aliphatic carbocycles. The van der Waals surface area contributed by atoms with Crippen molar-refractivity contribution in [2.24, 2.45) is 0 Å². The predicted octanol–water partition coefficient (Wildman–Crippen LogP) is 3.50. The molecule has 2 atom stereocenters. The van der Waals surface area contributed by atoms with E-state index in [4.69, 9.17) is 4.74 Å². The molecule has 0 spiro atoms. The lowest BCUT2D eigenvalue weighted by atomic mass is 10.0. The number of pyridine rings is 2. The number of amides is 1. The minimum Gasteiger partial charge on any atom is -0.480 e. The fourth-order valence-corrected chi connectivity index (χ4v) is 7.04. The summed E-state index contributed by atoms with van der Waals surface area (Å²) in [6.45, 7) is 2.49. The van der Waals surface area contributed by atoms with Crippen molar-refractivity contribution in [1.29, 1.82) is 0 Å². The molecule has 2 unspecified atom stereocenters. The summed E-state index contributed by atoms with van der Waals surface area (Å²) < 4.78 is 61.9. The van der Waals surface area contributed by atoms with Crippen LogP contribution < -0.4 is 14.4 Å². The molecule has 2 aliphatic heterocycles. The number of nitrogens with one attached hydrogen (secondary N) is 1. The molecule has 0 radical (unpaired) electrons. The van der Waals surface area contributed by atoms with E-state index >= 15 is 0 Å². The van der Waals surface area contributed by atoms with Gasteiger partial charge in [0.05, 0.1) is 25.0 Å². The van der Waals surface area contributed by atoms with Crippen molar-refractivity contribution in [2.75, 3.05) is 29.8 Å². The predicted molar refractivity (Wildman–Crippen MR) is 160 cm³/mol. The first kappa shape index (κ1) is 30.0. The van der Waals surface area contributed by atoms with Crippen LogP contribution in [0.5, 0.6) is 5.88 Å². The molecule has 2 fully saturated rings. The monoisotopic (exact) mass is 635 g/mol. The molecule has 15 heteroatoms. The van der Waals surface area contributed by atoms with E-state index in [1.807, 2.05) is 11.0 Å². The first-order valence-corrected chi connectivity index (χ1v) is 15.4. The van der Waals surface area contributed by atoms with Gasteiger partial charge >= 0.3 is 0 Å². The third-order valence-corrected chi connectivity index (χ3v) is 9.23. The lowest BCUT2D eigenvalue weighted by molar-refractivity contribution is -0.129. The number of carbonyl (C=O) groups is 2. The summed E-state index contributed by atoms with van der Waals surface area (Å²) in [6.07, 6.45) is 8.45. The summed E-state index contributed by atoms with van der Waals surface area (Å²) in [5.41, 5.74) is 1.66. The van der Waals surface area contributed by atoms with E-state index in [-0.39, 0.29) is 35.3 Å². The first-order chi connectivity index (χ1) is 21.6. The molecule has 4 aromatic rings. The average molecular weight is 636 g/mol. The number of ether oxygens (including phenoxy) is 1. The number of aromatic nitrogens is 4. The molecule has 3 aromatic heterocycles. The van der Waals surface area contributed by atoms with Crippen LogP contribution in [-0.2, 0) is 19.6 Å². The highest BCUT2D eigenvalue weighted by atomic mass is 32.2. The highest BCUT2D eigenvalue weighted by Crippen LogP contribution is 2.37. The van der Waals surface area contributed by atoms with E-state index < -0.39 is 26.6 Å². The van der Waals surface area contributed by atoms with Crippen molar-refractivity contribution in [1.82, 2.24) is 24.8 Å². The van der Waals surface area contributed by atoms with E-state index in [1.165, 1.54) is 44.8 Å². The number of methoxy groups -OCH3 is 1. The quantitative estimate of drug-likeness (QED) is 0.285. The molecule has 1 amide bonds. The second kappa shape index (κ2) is 11.8. The van der Waals surface area contributed by atoms with Gasteiger partial charge in [0, 0.05) is 48.4 Å². The Bertz CT molecular complexity index is 1940. The van der Waals surface area contributed by atoms with E-state index in [9.17, 15) is 26.8 Å². The highest BCUT2D eigenvalue weighted by Gasteiger charge is 2.42. The van der Waals surface area contributed by atoms with Crippen molar-refractivity contribution < 1.29 is 31.5 Å². The smallest absolute Gasteiger partial charge is 0.268 e. The maximum atomic E-state index is 14.3. The van der Waals surface area contributed by atoms with Crippen molar-refractivity contribution in [3.8, 4) is 17.0 Å². The summed E-state index contributed by atoms with van der Waals surface area (Å²) in [4.78, 5) is 43.5. The Morgan fingerprint density at radius 3 is 2.36 bits per heavy atom. The van der Waals surface area contributed by atoms with Gasteiger partial charge in [0.1, 0.15) is 17.8 Å². The zero-order valence-corrected chi connectivity index (χ0v) is 25.0. The number of rotatable bonds is 8. The minimum atomic E-state index is -4.72. The number of ketones is 1. The zero-order chi connectivity index (χ0) is 31.9.